The Bertz CT molecular complexity index is 557. The minimum atomic E-state index is 0.262. The molecule has 0 fully saturated rings. The Kier molecular flexibility index (Phi) is 2.81. The molecule has 1 nitrogen and oxygen atoms in total. The molecule has 0 bridgehead atoms. The van der Waals surface area contributed by atoms with E-state index < -0.39 is 0 Å². The highest BCUT2D eigenvalue weighted by molar-refractivity contribution is 9.10. The molecule has 0 saturated carbocycles. The third-order valence-corrected chi connectivity index (χ3v) is 3.65. The van der Waals surface area contributed by atoms with Crippen molar-refractivity contribution in [3.05, 3.63) is 69.7 Å². The summed E-state index contributed by atoms with van der Waals surface area (Å²) in [5.74, 6) is 0. The standard InChI is InChI=1S/C15H12BrN/c16-14-7-5-11(6-8-14)15-9-12-3-1-2-4-13(12)10-17-15/h1-8,10,15H,9H2/t15-/m1/s1. The predicted octanol–water partition coefficient (Wildman–Crippen LogP) is 4.17. The molecule has 1 aliphatic rings. The summed E-state index contributed by atoms with van der Waals surface area (Å²) in [5.41, 5.74) is 3.91. The van der Waals surface area contributed by atoms with E-state index in [1.54, 1.807) is 0 Å². The number of nitrogens with zero attached hydrogens (tertiary/aromatic N) is 1. The molecule has 2 aromatic rings. The number of aliphatic imine (C=N–C) groups is 1. The molecule has 0 unspecified atom stereocenters. The van der Waals surface area contributed by atoms with Crippen molar-refractivity contribution >= 4 is 22.1 Å². The van der Waals surface area contributed by atoms with Gasteiger partial charge in [-0.2, -0.15) is 0 Å². The summed E-state index contributed by atoms with van der Waals surface area (Å²) in [6.07, 6.45) is 2.99. The highest BCUT2D eigenvalue weighted by Crippen LogP contribution is 2.28. The molecule has 0 saturated heterocycles. The molecule has 2 heteroatoms. The molecule has 17 heavy (non-hydrogen) atoms. The highest BCUT2D eigenvalue weighted by atomic mass is 79.9. The maximum atomic E-state index is 4.63. The van der Waals surface area contributed by atoms with E-state index in [1.165, 1.54) is 16.7 Å². The third-order valence-electron chi connectivity index (χ3n) is 3.12. The monoisotopic (exact) mass is 285 g/mol. The van der Waals surface area contributed by atoms with Crippen molar-refractivity contribution < 1.29 is 0 Å². The van der Waals surface area contributed by atoms with Gasteiger partial charge in [-0.3, -0.25) is 4.99 Å². The molecule has 84 valence electrons. The van der Waals surface area contributed by atoms with Gasteiger partial charge in [0.15, 0.2) is 0 Å². The first-order chi connectivity index (χ1) is 8.33. The van der Waals surface area contributed by atoms with Gasteiger partial charge < -0.3 is 0 Å². The second-order valence-electron chi connectivity index (χ2n) is 4.25. The third kappa shape index (κ3) is 2.18. The average molecular weight is 286 g/mol. The number of fused-ring (bicyclic) bond motifs is 1. The second-order valence-corrected chi connectivity index (χ2v) is 5.16. The first kappa shape index (κ1) is 10.7. The molecule has 1 atom stereocenters. The van der Waals surface area contributed by atoms with Crippen LogP contribution in [0.1, 0.15) is 22.7 Å². The average Bonchev–Trinajstić information content (AvgIpc) is 2.39. The van der Waals surface area contributed by atoms with E-state index in [2.05, 4.69) is 69.5 Å². The van der Waals surface area contributed by atoms with Crippen LogP contribution in [0, 0.1) is 0 Å². The van der Waals surface area contributed by atoms with Crippen LogP contribution >= 0.6 is 15.9 Å². The van der Waals surface area contributed by atoms with Gasteiger partial charge in [0.2, 0.25) is 0 Å². The minimum absolute atomic E-state index is 0.262. The zero-order chi connectivity index (χ0) is 11.7. The lowest BCUT2D eigenvalue weighted by atomic mass is 9.94. The molecule has 3 rings (SSSR count). The molecule has 1 heterocycles. The molecule has 1 aliphatic heterocycles. The SMILES string of the molecule is Brc1ccc([C@H]2Cc3ccccc3C=N2)cc1. The van der Waals surface area contributed by atoms with Crippen LogP contribution in [0.25, 0.3) is 0 Å². The molecule has 0 aromatic heterocycles. The molecular weight excluding hydrogens is 274 g/mol. The first-order valence-electron chi connectivity index (χ1n) is 5.69. The van der Waals surface area contributed by atoms with Gasteiger partial charge in [-0.25, -0.2) is 0 Å². The summed E-state index contributed by atoms with van der Waals surface area (Å²) < 4.78 is 1.11. The molecule has 0 N–H and O–H groups in total. The van der Waals surface area contributed by atoms with E-state index in [4.69, 9.17) is 0 Å². The molecule has 0 amide bonds. The number of rotatable bonds is 1. The zero-order valence-electron chi connectivity index (χ0n) is 9.31. The van der Waals surface area contributed by atoms with Gasteiger partial charge in [-0.05, 0) is 35.2 Å². The van der Waals surface area contributed by atoms with Gasteiger partial charge in [-0.15, -0.1) is 0 Å². The van der Waals surface area contributed by atoms with E-state index in [-0.39, 0.29) is 6.04 Å². The first-order valence-corrected chi connectivity index (χ1v) is 6.49. The van der Waals surface area contributed by atoms with Crippen molar-refractivity contribution in [1.82, 2.24) is 0 Å². The van der Waals surface area contributed by atoms with Crippen LogP contribution in [0.5, 0.6) is 0 Å². The Labute approximate surface area is 109 Å². The van der Waals surface area contributed by atoms with Crippen molar-refractivity contribution in [2.45, 2.75) is 12.5 Å². The lowest BCUT2D eigenvalue weighted by molar-refractivity contribution is 0.716. The van der Waals surface area contributed by atoms with E-state index in [0.717, 1.165) is 10.9 Å². The Morgan fingerprint density at radius 3 is 2.59 bits per heavy atom. The molecule has 0 aliphatic carbocycles. The number of hydrogen-bond donors (Lipinski definition) is 0. The van der Waals surface area contributed by atoms with E-state index in [9.17, 15) is 0 Å². The maximum absolute atomic E-state index is 4.63. The van der Waals surface area contributed by atoms with Gasteiger partial charge in [0.1, 0.15) is 0 Å². The molecular formula is C15H12BrN. The fraction of sp³-hybridized carbons (Fsp3) is 0.133. The Hall–Kier alpha value is -1.41. The Morgan fingerprint density at radius 2 is 1.76 bits per heavy atom. The summed E-state index contributed by atoms with van der Waals surface area (Å²) in [4.78, 5) is 4.63. The van der Waals surface area contributed by atoms with Crippen LogP contribution in [-0.4, -0.2) is 6.21 Å². The van der Waals surface area contributed by atoms with Crippen molar-refractivity contribution in [3.8, 4) is 0 Å². The smallest absolute Gasteiger partial charge is 0.0789 e. The predicted molar refractivity (Wildman–Crippen MR) is 74.6 cm³/mol. The zero-order valence-corrected chi connectivity index (χ0v) is 10.9. The van der Waals surface area contributed by atoms with Crippen LogP contribution in [0.4, 0.5) is 0 Å². The lowest BCUT2D eigenvalue weighted by Crippen LogP contribution is -2.08. The van der Waals surface area contributed by atoms with Crippen LogP contribution in [0.2, 0.25) is 0 Å². The maximum Gasteiger partial charge on any atom is 0.0789 e. The van der Waals surface area contributed by atoms with Crippen LogP contribution in [0.3, 0.4) is 0 Å². The number of hydrogen-bond acceptors (Lipinski definition) is 1. The van der Waals surface area contributed by atoms with Crippen molar-refractivity contribution in [1.29, 1.82) is 0 Å². The Balaban J connectivity index is 1.92. The Morgan fingerprint density at radius 1 is 1.00 bits per heavy atom. The van der Waals surface area contributed by atoms with Gasteiger partial charge in [0.25, 0.3) is 0 Å². The summed E-state index contributed by atoms with van der Waals surface area (Å²) >= 11 is 3.46. The molecule has 2 aromatic carbocycles. The minimum Gasteiger partial charge on any atom is -0.284 e. The number of halogens is 1. The molecule has 0 spiro atoms. The van der Waals surface area contributed by atoms with Gasteiger partial charge in [0, 0.05) is 10.7 Å². The summed E-state index contributed by atoms with van der Waals surface area (Å²) in [7, 11) is 0. The topological polar surface area (TPSA) is 12.4 Å². The summed E-state index contributed by atoms with van der Waals surface area (Å²) in [5, 5.41) is 0. The van der Waals surface area contributed by atoms with E-state index in [0.29, 0.717) is 0 Å². The van der Waals surface area contributed by atoms with Crippen molar-refractivity contribution in [3.63, 3.8) is 0 Å². The van der Waals surface area contributed by atoms with E-state index in [1.807, 2.05) is 6.21 Å². The van der Waals surface area contributed by atoms with E-state index >= 15 is 0 Å². The summed E-state index contributed by atoms with van der Waals surface area (Å²) in [6, 6.07) is 17.2. The largest absolute Gasteiger partial charge is 0.284 e. The normalized spacial score (nSPS) is 17.8. The fourth-order valence-corrected chi connectivity index (χ4v) is 2.43. The van der Waals surface area contributed by atoms with Gasteiger partial charge in [-0.1, -0.05) is 52.3 Å². The lowest BCUT2D eigenvalue weighted by Gasteiger charge is -2.19. The van der Waals surface area contributed by atoms with Crippen LogP contribution < -0.4 is 0 Å². The number of benzene rings is 2. The fourth-order valence-electron chi connectivity index (χ4n) is 2.17. The highest BCUT2D eigenvalue weighted by Gasteiger charge is 2.15. The second kappa shape index (κ2) is 4.46. The quantitative estimate of drug-likeness (QED) is 0.746. The van der Waals surface area contributed by atoms with Gasteiger partial charge in [0.05, 0.1) is 6.04 Å². The molecule has 0 radical (unpaired) electrons. The van der Waals surface area contributed by atoms with Crippen LogP contribution in [0.15, 0.2) is 58.0 Å². The van der Waals surface area contributed by atoms with Crippen molar-refractivity contribution in [2.24, 2.45) is 4.99 Å². The van der Waals surface area contributed by atoms with Gasteiger partial charge >= 0.3 is 0 Å². The van der Waals surface area contributed by atoms with Crippen LogP contribution in [-0.2, 0) is 6.42 Å². The van der Waals surface area contributed by atoms with Crippen molar-refractivity contribution in [2.75, 3.05) is 0 Å². The summed E-state index contributed by atoms with van der Waals surface area (Å²) in [6.45, 7) is 0.